The van der Waals surface area contributed by atoms with Crippen LogP contribution in [0.5, 0.6) is 0 Å². The molecule has 0 spiro atoms. The molecule has 3 nitrogen and oxygen atoms in total. The van der Waals surface area contributed by atoms with Crippen LogP contribution in [0, 0.1) is 0 Å². The van der Waals surface area contributed by atoms with Gasteiger partial charge in [0.25, 0.3) is 0 Å². The van der Waals surface area contributed by atoms with E-state index in [2.05, 4.69) is 143 Å². The Morgan fingerprint density at radius 3 is 1.60 bits per heavy atom. The summed E-state index contributed by atoms with van der Waals surface area (Å²) in [6.07, 6.45) is 0. The average Bonchev–Trinajstić information content (AvgIpc) is 3.72. The summed E-state index contributed by atoms with van der Waals surface area (Å²) in [5, 5.41) is 9.72. The molecular weight excluding hydrogens is 524 g/mol. The highest BCUT2D eigenvalue weighted by atomic mass is 16.3. The van der Waals surface area contributed by atoms with Crippen LogP contribution in [-0.2, 0) is 0 Å². The zero-order valence-electron chi connectivity index (χ0n) is 23.2. The van der Waals surface area contributed by atoms with Crippen molar-refractivity contribution in [3.05, 3.63) is 146 Å². The fraction of sp³-hybridized carbons (Fsp3) is 0. The van der Waals surface area contributed by atoms with E-state index in [1.54, 1.807) is 0 Å². The molecule has 7 aromatic carbocycles. The van der Waals surface area contributed by atoms with Crippen molar-refractivity contribution in [3.8, 4) is 11.4 Å². The molecule has 200 valence electrons. The van der Waals surface area contributed by atoms with Gasteiger partial charge in [-0.25, -0.2) is 0 Å². The van der Waals surface area contributed by atoms with Crippen molar-refractivity contribution in [1.82, 2.24) is 9.13 Å². The molecule has 0 amide bonds. The molecule has 0 aliphatic carbocycles. The number of fused-ring (bicyclic) bond motifs is 11. The number of hydrogen-bond donors (Lipinski definition) is 0. The molecule has 3 aromatic heterocycles. The molecule has 3 heterocycles. The molecule has 0 atom stereocenters. The van der Waals surface area contributed by atoms with E-state index >= 15 is 0 Å². The Morgan fingerprint density at radius 2 is 0.884 bits per heavy atom. The average molecular weight is 549 g/mol. The summed E-state index contributed by atoms with van der Waals surface area (Å²) in [6, 6.07) is 52.4. The molecule has 0 aliphatic rings. The zero-order chi connectivity index (χ0) is 28.1. The van der Waals surface area contributed by atoms with Crippen molar-refractivity contribution in [2.24, 2.45) is 0 Å². The van der Waals surface area contributed by atoms with E-state index in [9.17, 15) is 0 Å². The Labute approximate surface area is 246 Å². The van der Waals surface area contributed by atoms with Crippen molar-refractivity contribution >= 4 is 76.3 Å². The minimum Gasteiger partial charge on any atom is -0.456 e. The number of nitrogens with zero attached hydrogens (tertiary/aromatic N) is 2. The highest BCUT2D eigenvalue weighted by Gasteiger charge is 2.21. The van der Waals surface area contributed by atoms with Gasteiger partial charge < -0.3 is 13.6 Å². The summed E-state index contributed by atoms with van der Waals surface area (Å²) >= 11 is 0. The quantitative estimate of drug-likeness (QED) is 0.211. The van der Waals surface area contributed by atoms with Gasteiger partial charge in [0.05, 0.1) is 22.1 Å². The summed E-state index contributed by atoms with van der Waals surface area (Å²) in [4.78, 5) is 0. The summed E-state index contributed by atoms with van der Waals surface area (Å²) < 4.78 is 11.1. The molecule has 10 rings (SSSR count). The van der Waals surface area contributed by atoms with E-state index in [-0.39, 0.29) is 0 Å². The summed E-state index contributed by atoms with van der Waals surface area (Å²) in [7, 11) is 0. The molecular formula is C40H24N2O. The minimum atomic E-state index is 0.904. The van der Waals surface area contributed by atoms with Crippen LogP contribution in [0.4, 0.5) is 0 Å². The maximum absolute atomic E-state index is 6.21. The second-order valence-corrected chi connectivity index (χ2v) is 11.4. The summed E-state index contributed by atoms with van der Waals surface area (Å²) in [6.45, 7) is 0. The number of aromatic nitrogens is 2. The number of para-hydroxylation sites is 3. The molecule has 0 fully saturated rings. The third kappa shape index (κ3) is 3.08. The topological polar surface area (TPSA) is 23.0 Å². The summed E-state index contributed by atoms with van der Waals surface area (Å²) in [5.41, 5.74) is 8.90. The van der Waals surface area contributed by atoms with Crippen LogP contribution < -0.4 is 0 Å². The van der Waals surface area contributed by atoms with Crippen molar-refractivity contribution < 1.29 is 4.42 Å². The minimum absolute atomic E-state index is 0.904. The van der Waals surface area contributed by atoms with Crippen LogP contribution in [0.3, 0.4) is 0 Å². The summed E-state index contributed by atoms with van der Waals surface area (Å²) in [5.74, 6) is 0. The smallest absolute Gasteiger partial charge is 0.135 e. The van der Waals surface area contributed by atoms with Gasteiger partial charge >= 0.3 is 0 Å². The molecule has 0 bridgehead atoms. The Hall–Kier alpha value is -5.80. The first-order chi connectivity index (χ1) is 21.3. The Kier molecular flexibility index (Phi) is 4.45. The van der Waals surface area contributed by atoms with E-state index in [0.29, 0.717) is 0 Å². The van der Waals surface area contributed by atoms with Crippen LogP contribution >= 0.6 is 0 Å². The van der Waals surface area contributed by atoms with E-state index in [4.69, 9.17) is 4.42 Å². The second-order valence-electron chi connectivity index (χ2n) is 11.4. The predicted molar refractivity (Wildman–Crippen MR) is 180 cm³/mol. The Bertz CT molecular complexity index is 2740. The van der Waals surface area contributed by atoms with Crippen molar-refractivity contribution in [1.29, 1.82) is 0 Å². The van der Waals surface area contributed by atoms with Gasteiger partial charge in [0.1, 0.15) is 11.2 Å². The van der Waals surface area contributed by atoms with Crippen LogP contribution in [0.15, 0.2) is 150 Å². The first-order valence-electron chi connectivity index (χ1n) is 14.7. The number of furan rings is 1. The highest BCUT2D eigenvalue weighted by Crippen LogP contribution is 2.42. The lowest BCUT2D eigenvalue weighted by molar-refractivity contribution is 0.669. The molecule has 0 radical (unpaired) electrons. The SMILES string of the molecule is c1ccc2cc(-n3c4ccccc4c4ccc5c6ccccc6n(-c6ccc7oc8ccccc8c7c6)c5c43)ccc2c1. The second kappa shape index (κ2) is 8.37. The maximum Gasteiger partial charge on any atom is 0.135 e. The van der Waals surface area contributed by atoms with Crippen LogP contribution in [0.25, 0.3) is 87.7 Å². The normalized spacial score (nSPS) is 12.2. The van der Waals surface area contributed by atoms with Gasteiger partial charge in [0.2, 0.25) is 0 Å². The monoisotopic (exact) mass is 548 g/mol. The lowest BCUT2D eigenvalue weighted by atomic mass is 10.1. The third-order valence-corrected chi connectivity index (χ3v) is 9.08. The lowest BCUT2D eigenvalue weighted by Gasteiger charge is -2.13. The van der Waals surface area contributed by atoms with Gasteiger partial charge in [-0.05, 0) is 59.3 Å². The van der Waals surface area contributed by atoms with Gasteiger partial charge in [-0.1, -0.05) is 97.1 Å². The van der Waals surface area contributed by atoms with Crippen LogP contribution in [0.2, 0.25) is 0 Å². The van der Waals surface area contributed by atoms with E-state index in [1.807, 2.05) is 12.1 Å². The molecule has 0 N–H and O–H groups in total. The molecule has 0 saturated carbocycles. The highest BCUT2D eigenvalue weighted by molar-refractivity contribution is 6.24. The molecule has 0 unspecified atom stereocenters. The molecule has 0 saturated heterocycles. The van der Waals surface area contributed by atoms with E-state index in [0.717, 1.165) is 33.3 Å². The van der Waals surface area contributed by atoms with E-state index in [1.165, 1.54) is 54.4 Å². The van der Waals surface area contributed by atoms with Crippen molar-refractivity contribution in [2.75, 3.05) is 0 Å². The molecule has 3 heteroatoms. The van der Waals surface area contributed by atoms with Crippen LogP contribution in [-0.4, -0.2) is 9.13 Å². The molecule has 43 heavy (non-hydrogen) atoms. The van der Waals surface area contributed by atoms with Gasteiger partial charge in [-0.2, -0.15) is 0 Å². The number of rotatable bonds is 2. The fourth-order valence-electron chi connectivity index (χ4n) is 7.21. The zero-order valence-corrected chi connectivity index (χ0v) is 23.2. The van der Waals surface area contributed by atoms with Crippen molar-refractivity contribution in [3.63, 3.8) is 0 Å². The molecule has 10 aromatic rings. The maximum atomic E-state index is 6.21. The number of hydrogen-bond acceptors (Lipinski definition) is 1. The Balaban J connectivity index is 1.41. The van der Waals surface area contributed by atoms with Crippen molar-refractivity contribution in [2.45, 2.75) is 0 Å². The standard InChI is InChI=1S/C40H24N2O/c1-2-10-26-23-27(18-17-25(26)9-1)41-35-14-6-3-11-29(35)32-20-21-33-30-12-4-7-15-36(30)42(40(33)39(32)41)28-19-22-38-34(24-28)31-13-5-8-16-37(31)43-38/h1-24H. The Morgan fingerprint density at radius 1 is 0.349 bits per heavy atom. The van der Waals surface area contributed by atoms with Gasteiger partial charge in [0, 0.05) is 43.7 Å². The molecule has 0 aliphatic heterocycles. The van der Waals surface area contributed by atoms with E-state index < -0.39 is 0 Å². The van der Waals surface area contributed by atoms with Crippen LogP contribution in [0.1, 0.15) is 0 Å². The van der Waals surface area contributed by atoms with Gasteiger partial charge in [0.15, 0.2) is 0 Å². The first-order valence-corrected chi connectivity index (χ1v) is 14.7. The number of benzene rings is 7. The fourth-order valence-corrected chi connectivity index (χ4v) is 7.21. The van der Waals surface area contributed by atoms with Gasteiger partial charge in [-0.3, -0.25) is 0 Å². The lowest BCUT2D eigenvalue weighted by Crippen LogP contribution is -1.98. The first kappa shape index (κ1) is 22.8. The third-order valence-electron chi connectivity index (χ3n) is 9.08. The predicted octanol–water partition coefficient (Wildman–Crippen LogP) is 10.9. The van der Waals surface area contributed by atoms with Gasteiger partial charge in [-0.15, -0.1) is 0 Å². The largest absolute Gasteiger partial charge is 0.456 e.